The standard InChI is InChI=1S/C52H90N4O4.Zn/c1-3-5-7-9-17-23-33-45-59-51(57)37-25-19-13-11-15-21-31-41-55(43-44-56(47-49-35-27-29-39-53-49)48-50-36-28-30-40-54-50)42-32-22-16-12-14-20-26-38-52(58)60-46-34-24-18-10-8-6-4-2;/h27-30,35-36,39-40H,3-26,31-34,37-38,41-48H2,1-2H3;/q;+2. The van der Waals surface area contributed by atoms with Gasteiger partial charge in [0.15, 0.2) is 0 Å². The van der Waals surface area contributed by atoms with Gasteiger partial charge in [0.2, 0.25) is 0 Å². The zero-order chi connectivity index (χ0) is 42.8. The van der Waals surface area contributed by atoms with E-state index in [9.17, 15) is 9.59 Å². The summed E-state index contributed by atoms with van der Waals surface area (Å²) >= 11 is 0. The van der Waals surface area contributed by atoms with E-state index >= 15 is 0 Å². The van der Waals surface area contributed by atoms with Gasteiger partial charge in [-0.1, -0.05) is 167 Å². The first-order valence-corrected chi connectivity index (χ1v) is 25.2. The Hall–Kier alpha value is -2.22. The van der Waals surface area contributed by atoms with Crippen LogP contribution in [0.1, 0.15) is 218 Å². The number of esters is 2. The molecule has 0 atom stereocenters. The van der Waals surface area contributed by atoms with Crippen molar-refractivity contribution in [3.63, 3.8) is 0 Å². The quantitative estimate of drug-likeness (QED) is 0.0370. The molecule has 0 bridgehead atoms. The van der Waals surface area contributed by atoms with Crippen molar-refractivity contribution in [2.75, 3.05) is 39.4 Å². The van der Waals surface area contributed by atoms with Gasteiger partial charge in [0.05, 0.1) is 24.6 Å². The third-order valence-electron chi connectivity index (χ3n) is 11.7. The monoisotopic (exact) mass is 899 g/mol. The van der Waals surface area contributed by atoms with E-state index in [4.69, 9.17) is 9.47 Å². The number of rotatable bonds is 43. The Morgan fingerprint density at radius 3 is 1.15 bits per heavy atom. The number of unbranched alkanes of at least 4 members (excludes halogenated alkanes) is 24. The molecule has 0 unspecified atom stereocenters. The molecule has 61 heavy (non-hydrogen) atoms. The molecule has 0 aliphatic heterocycles. The Kier molecular flexibility index (Phi) is 40.1. The first kappa shape index (κ1) is 56.8. The molecule has 2 rings (SSSR count). The Morgan fingerprint density at radius 2 is 0.770 bits per heavy atom. The maximum absolute atomic E-state index is 12.1. The predicted octanol–water partition coefficient (Wildman–Crippen LogP) is 13.6. The summed E-state index contributed by atoms with van der Waals surface area (Å²) in [6.45, 7) is 11.6. The summed E-state index contributed by atoms with van der Waals surface area (Å²) in [5.41, 5.74) is 2.20. The van der Waals surface area contributed by atoms with E-state index < -0.39 is 0 Å². The molecule has 0 saturated carbocycles. The maximum atomic E-state index is 12.1. The zero-order valence-corrected chi connectivity index (χ0v) is 42.6. The van der Waals surface area contributed by atoms with E-state index in [1.165, 1.54) is 141 Å². The fraction of sp³-hybridized carbons (Fsp3) is 0.769. The van der Waals surface area contributed by atoms with Crippen molar-refractivity contribution in [2.45, 2.75) is 220 Å². The van der Waals surface area contributed by atoms with Gasteiger partial charge in [-0.25, -0.2) is 0 Å². The third-order valence-corrected chi connectivity index (χ3v) is 11.7. The van der Waals surface area contributed by atoms with Crippen LogP contribution in [0.3, 0.4) is 0 Å². The fourth-order valence-corrected chi connectivity index (χ4v) is 7.89. The van der Waals surface area contributed by atoms with Crippen molar-refractivity contribution < 1.29 is 38.5 Å². The molecule has 0 N–H and O–H groups in total. The van der Waals surface area contributed by atoms with Crippen LogP contribution in [0.4, 0.5) is 0 Å². The normalized spacial score (nSPS) is 11.3. The molecule has 0 fully saturated rings. The largest absolute Gasteiger partial charge is 2.00 e. The number of carbonyl (C=O) groups excluding carboxylic acids is 2. The third kappa shape index (κ3) is 35.9. The zero-order valence-electron chi connectivity index (χ0n) is 39.6. The molecule has 2 aromatic rings. The molecule has 0 amide bonds. The molecule has 0 aliphatic carbocycles. The predicted molar refractivity (Wildman–Crippen MR) is 251 cm³/mol. The van der Waals surface area contributed by atoms with Crippen LogP contribution < -0.4 is 0 Å². The molecule has 9 heteroatoms. The van der Waals surface area contributed by atoms with Crippen LogP contribution in [0.2, 0.25) is 0 Å². The van der Waals surface area contributed by atoms with Gasteiger partial charge in [0.1, 0.15) is 0 Å². The molecule has 8 nitrogen and oxygen atoms in total. The topological polar surface area (TPSA) is 84.9 Å². The number of hydrogen-bond acceptors (Lipinski definition) is 8. The average molecular weight is 901 g/mol. The molecule has 0 aromatic carbocycles. The summed E-state index contributed by atoms with van der Waals surface area (Å²) < 4.78 is 10.9. The van der Waals surface area contributed by atoms with Crippen molar-refractivity contribution >= 4 is 11.9 Å². The van der Waals surface area contributed by atoms with Gasteiger partial charge >= 0.3 is 31.4 Å². The van der Waals surface area contributed by atoms with Crippen molar-refractivity contribution in [1.82, 2.24) is 19.8 Å². The van der Waals surface area contributed by atoms with Crippen molar-refractivity contribution in [3.8, 4) is 0 Å². The fourth-order valence-electron chi connectivity index (χ4n) is 7.89. The second kappa shape index (κ2) is 43.1. The van der Waals surface area contributed by atoms with Crippen molar-refractivity contribution in [1.29, 1.82) is 0 Å². The van der Waals surface area contributed by atoms with E-state index in [2.05, 4.69) is 57.9 Å². The van der Waals surface area contributed by atoms with Crippen molar-refractivity contribution in [2.24, 2.45) is 0 Å². The van der Waals surface area contributed by atoms with E-state index in [0.29, 0.717) is 26.1 Å². The number of nitrogens with zero attached hydrogens (tertiary/aromatic N) is 4. The number of aromatic nitrogens is 2. The van der Waals surface area contributed by atoms with Crippen LogP contribution in [0.5, 0.6) is 0 Å². The number of hydrogen-bond donors (Lipinski definition) is 0. The van der Waals surface area contributed by atoms with Gasteiger partial charge in [-0.05, 0) is 75.9 Å². The molecule has 342 valence electrons. The summed E-state index contributed by atoms with van der Waals surface area (Å²) in [5, 5.41) is 0. The molecule has 0 saturated heterocycles. The van der Waals surface area contributed by atoms with Gasteiger partial charge < -0.3 is 14.4 Å². The smallest absolute Gasteiger partial charge is 0.466 e. The van der Waals surface area contributed by atoms with Crippen LogP contribution in [0, 0.1) is 0 Å². The summed E-state index contributed by atoms with van der Waals surface area (Å²) in [6.07, 6.45) is 38.8. The van der Waals surface area contributed by atoms with Crippen LogP contribution in [0.25, 0.3) is 0 Å². The van der Waals surface area contributed by atoms with Crippen LogP contribution >= 0.6 is 0 Å². The summed E-state index contributed by atoms with van der Waals surface area (Å²) in [5.74, 6) is -0.0227. The number of ether oxygens (including phenoxy) is 2. The van der Waals surface area contributed by atoms with Crippen molar-refractivity contribution in [3.05, 3.63) is 60.2 Å². The maximum Gasteiger partial charge on any atom is 2.00 e. The Bertz CT molecular complexity index is 1150. The van der Waals surface area contributed by atoms with Gasteiger partial charge in [-0.3, -0.25) is 24.5 Å². The minimum atomic E-state index is -0.0113. The number of carbonyl (C=O) groups is 2. The second-order valence-corrected chi connectivity index (χ2v) is 17.3. The van der Waals surface area contributed by atoms with E-state index in [1.807, 2.05) is 24.5 Å². The van der Waals surface area contributed by atoms with Gasteiger partial charge in [-0.15, -0.1) is 0 Å². The molecular formula is C52H90N4O4Zn+2. The Labute approximate surface area is 387 Å². The molecule has 0 aliphatic rings. The van der Waals surface area contributed by atoms with Crippen LogP contribution in [-0.4, -0.2) is 71.1 Å². The van der Waals surface area contributed by atoms with Gasteiger partial charge in [0, 0.05) is 51.4 Å². The van der Waals surface area contributed by atoms with Gasteiger partial charge in [0.25, 0.3) is 0 Å². The van der Waals surface area contributed by atoms with E-state index in [0.717, 1.165) is 89.2 Å². The van der Waals surface area contributed by atoms with E-state index in [-0.39, 0.29) is 31.4 Å². The summed E-state index contributed by atoms with van der Waals surface area (Å²) in [6, 6.07) is 12.4. The summed E-state index contributed by atoms with van der Waals surface area (Å²) in [7, 11) is 0. The molecule has 0 spiro atoms. The van der Waals surface area contributed by atoms with Crippen LogP contribution in [0.15, 0.2) is 48.8 Å². The second-order valence-electron chi connectivity index (χ2n) is 17.3. The average Bonchev–Trinajstić information content (AvgIpc) is 3.26. The molecule has 0 radical (unpaired) electrons. The van der Waals surface area contributed by atoms with Gasteiger partial charge in [-0.2, -0.15) is 0 Å². The Morgan fingerprint density at radius 1 is 0.426 bits per heavy atom. The first-order chi connectivity index (χ1) is 29.6. The van der Waals surface area contributed by atoms with E-state index in [1.54, 1.807) is 0 Å². The Balaban J connectivity index is 0.0000186. The summed E-state index contributed by atoms with van der Waals surface area (Å²) in [4.78, 5) is 38.7. The SMILES string of the molecule is CCCCCCCCCOC(=O)CCCCCCCCCN(CCCCCCCCCC(=O)OCCCCCCCCC)CCN(Cc1ccccn1)Cc1ccccn1.[Zn+2]. The van der Waals surface area contributed by atoms with Crippen LogP contribution in [-0.2, 0) is 51.6 Å². The number of pyridine rings is 2. The minimum Gasteiger partial charge on any atom is -0.466 e. The first-order valence-electron chi connectivity index (χ1n) is 25.2. The minimum absolute atomic E-state index is 0. The molecule has 2 heterocycles. The molecule has 2 aromatic heterocycles. The molecular weight excluding hydrogens is 810 g/mol.